The van der Waals surface area contributed by atoms with E-state index < -0.39 is 0 Å². The lowest BCUT2D eigenvalue weighted by Gasteiger charge is -2.20. The van der Waals surface area contributed by atoms with E-state index in [1.807, 2.05) is 18.3 Å². The van der Waals surface area contributed by atoms with E-state index in [-0.39, 0.29) is 0 Å². The second-order valence-corrected chi connectivity index (χ2v) is 17.0. The zero-order chi connectivity index (χ0) is 41.6. The molecular weight excluding hydrogens is 759 g/mol. The molecule has 0 spiro atoms. The average molecular weight is 802 g/mol. The first-order valence-corrected chi connectivity index (χ1v) is 21.5. The fourth-order valence-electron chi connectivity index (χ4n) is 10.0. The number of nitrogens with zero attached hydrogens (tertiary/aromatic N) is 5. The summed E-state index contributed by atoms with van der Waals surface area (Å²) in [7, 11) is 0. The summed E-state index contributed by atoms with van der Waals surface area (Å²) in [4.78, 5) is 10.1. The summed E-state index contributed by atoms with van der Waals surface area (Å²) >= 11 is 0. The third-order valence-electron chi connectivity index (χ3n) is 12.7. The Balaban J connectivity index is 1.07. The number of hydrogen-bond acceptors (Lipinski definition) is 3. The van der Waals surface area contributed by atoms with Gasteiger partial charge in [-0.15, -0.1) is 0 Å². The normalized spacial score (nSPS) is 12.2. The van der Waals surface area contributed by atoms with Crippen LogP contribution in [-0.4, -0.2) is 23.5 Å². The van der Waals surface area contributed by atoms with Gasteiger partial charge in [-0.2, -0.15) is 0 Å². The van der Waals surface area contributed by atoms with Crippen molar-refractivity contribution in [2.45, 2.75) is 39.5 Å². The third kappa shape index (κ3) is 5.36. The average Bonchev–Trinajstić information content (AvgIpc) is 4.00. The molecule has 12 rings (SSSR count). The van der Waals surface area contributed by atoms with Crippen LogP contribution < -0.4 is 4.74 Å². The minimum atomic E-state index is 0.356. The van der Waals surface area contributed by atoms with Crippen molar-refractivity contribution in [1.29, 1.82) is 0 Å². The van der Waals surface area contributed by atoms with Crippen LogP contribution in [0.5, 0.6) is 11.5 Å². The molecule has 298 valence electrons. The Bertz CT molecular complexity index is 3700. The van der Waals surface area contributed by atoms with Crippen molar-refractivity contribution >= 4 is 70.9 Å². The molecule has 6 heteroatoms. The van der Waals surface area contributed by atoms with Crippen LogP contribution in [0.15, 0.2) is 176 Å². The molecule has 0 atom stereocenters. The van der Waals surface area contributed by atoms with E-state index in [4.69, 9.17) is 14.7 Å². The molecule has 0 fully saturated rings. The molecule has 62 heavy (non-hydrogen) atoms. The highest BCUT2D eigenvalue weighted by atomic mass is 16.5. The van der Waals surface area contributed by atoms with Crippen molar-refractivity contribution in [2.24, 2.45) is 0 Å². The molecule has 0 saturated carbocycles. The predicted molar refractivity (Wildman–Crippen MR) is 257 cm³/mol. The molecule has 0 aliphatic carbocycles. The Hall–Kier alpha value is -7.70. The minimum absolute atomic E-state index is 0.356. The lowest BCUT2D eigenvalue weighted by Crippen LogP contribution is -2.02. The van der Waals surface area contributed by atoms with Crippen LogP contribution in [-0.2, 0) is 0 Å². The molecule has 0 aliphatic heterocycles. The Morgan fingerprint density at radius 3 is 1.87 bits per heavy atom. The quantitative estimate of drug-likeness (QED) is 0.151. The van der Waals surface area contributed by atoms with Crippen LogP contribution in [0.1, 0.15) is 50.7 Å². The molecule has 6 nitrogen and oxygen atoms in total. The van der Waals surface area contributed by atoms with Crippen molar-refractivity contribution in [3.05, 3.63) is 187 Å². The van der Waals surface area contributed by atoms with Crippen molar-refractivity contribution in [3.63, 3.8) is 0 Å². The number of rotatable bonds is 7. The van der Waals surface area contributed by atoms with Gasteiger partial charge in [0.2, 0.25) is 0 Å². The molecule has 0 amide bonds. The van der Waals surface area contributed by atoms with E-state index in [0.29, 0.717) is 11.8 Å². The number of pyridine rings is 2. The molecule has 7 aromatic carbocycles. The first-order chi connectivity index (χ1) is 30.4. The van der Waals surface area contributed by atoms with Gasteiger partial charge < -0.3 is 9.30 Å². The molecular formula is C56H43N5O. The number of imidazole rings is 1. The van der Waals surface area contributed by atoms with Crippen LogP contribution in [0.25, 0.3) is 93.7 Å². The molecule has 12 aromatic rings. The van der Waals surface area contributed by atoms with Gasteiger partial charge in [-0.05, 0) is 101 Å². The molecule has 0 unspecified atom stereocenters. The van der Waals surface area contributed by atoms with Gasteiger partial charge in [0.15, 0.2) is 0 Å². The SMILES string of the molecule is CC(C)c1cccc(C(C)C)c1-c1cnc2c3cc(Oc4ccc5c6c(ccc7c8ccccc8n(-c8ccccc8)c76)n(-c6ccccn6)c5c4)ccc3c3ccccc3n12. The van der Waals surface area contributed by atoms with E-state index in [9.17, 15) is 0 Å². The maximum absolute atomic E-state index is 6.89. The van der Waals surface area contributed by atoms with Crippen LogP contribution >= 0.6 is 0 Å². The lowest BCUT2D eigenvalue weighted by atomic mass is 9.87. The minimum Gasteiger partial charge on any atom is -0.457 e. The zero-order valence-corrected chi connectivity index (χ0v) is 35.0. The van der Waals surface area contributed by atoms with E-state index in [2.05, 4.69) is 199 Å². The Morgan fingerprint density at radius 1 is 0.468 bits per heavy atom. The summed E-state index contributed by atoms with van der Waals surface area (Å²) in [6.07, 6.45) is 3.93. The Kier molecular flexibility index (Phi) is 8.13. The van der Waals surface area contributed by atoms with Crippen LogP contribution in [0.3, 0.4) is 0 Å². The van der Waals surface area contributed by atoms with E-state index >= 15 is 0 Å². The van der Waals surface area contributed by atoms with Crippen LogP contribution in [0.2, 0.25) is 0 Å². The predicted octanol–water partition coefficient (Wildman–Crippen LogP) is 14.9. The molecule has 5 heterocycles. The number of aromatic nitrogens is 5. The van der Waals surface area contributed by atoms with Gasteiger partial charge in [0.1, 0.15) is 23.0 Å². The van der Waals surface area contributed by atoms with Crippen molar-refractivity contribution < 1.29 is 4.74 Å². The third-order valence-corrected chi connectivity index (χ3v) is 12.7. The van der Waals surface area contributed by atoms with Gasteiger partial charge in [0, 0.05) is 55.8 Å². The molecule has 0 aliphatic rings. The van der Waals surface area contributed by atoms with Gasteiger partial charge in [-0.1, -0.05) is 113 Å². The largest absolute Gasteiger partial charge is 0.457 e. The highest BCUT2D eigenvalue weighted by Crippen LogP contribution is 2.44. The smallest absolute Gasteiger partial charge is 0.145 e. The van der Waals surface area contributed by atoms with Crippen LogP contribution in [0, 0.1) is 0 Å². The van der Waals surface area contributed by atoms with Crippen LogP contribution in [0.4, 0.5) is 0 Å². The molecule has 0 bridgehead atoms. The van der Waals surface area contributed by atoms with Crippen molar-refractivity contribution in [1.82, 2.24) is 23.5 Å². The van der Waals surface area contributed by atoms with E-state index in [1.165, 1.54) is 49.3 Å². The maximum atomic E-state index is 6.89. The number of fused-ring (bicyclic) bond motifs is 13. The molecule has 0 saturated heterocycles. The fourth-order valence-corrected chi connectivity index (χ4v) is 10.0. The standard InChI is InChI=1S/C56H43N5O/c1-34(2)39-19-14-20-40(35(3)4)53(39)51-33-58-56-46-31-37(24-26-41(46)42-17-8-11-22-48(42)61(51)56)62-38-25-27-45-50(32-38)60(52-23-12-13-30-57-52)49-29-28-44-43-18-9-10-21-47(43)59(55(44)54(45)49)36-15-6-5-7-16-36/h5-35H,1-4H3. The highest BCUT2D eigenvalue weighted by molar-refractivity contribution is 6.26. The zero-order valence-electron chi connectivity index (χ0n) is 35.0. The van der Waals surface area contributed by atoms with Gasteiger partial charge in [-0.3, -0.25) is 8.97 Å². The second kappa shape index (κ2) is 13.9. The monoisotopic (exact) mass is 801 g/mol. The van der Waals surface area contributed by atoms with Gasteiger partial charge in [0.05, 0.1) is 39.5 Å². The summed E-state index contributed by atoms with van der Waals surface area (Å²) in [5, 5.41) is 8.09. The van der Waals surface area contributed by atoms with Gasteiger partial charge >= 0.3 is 0 Å². The van der Waals surface area contributed by atoms with Crippen molar-refractivity contribution in [3.8, 4) is 34.3 Å². The second-order valence-electron chi connectivity index (χ2n) is 17.0. The summed E-state index contributed by atoms with van der Waals surface area (Å²) in [5.74, 6) is 3.05. The first-order valence-electron chi connectivity index (χ1n) is 21.5. The summed E-state index contributed by atoms with van der Waals surface area (Å²) in [5.41, 5.74) is 12.7. The summed E-state index contributed by atoms with van der Waals surface area (Å²) in [6, 6.07) is 58.3. The molecule has 5 aromatic heterocycles. The molecule has 0 radical (unpaired) electrons. The number of ether oxygens (including phenoxy) is 1. The number of hydrogen-bond donors (Lipinski definition) is 0. The summed E-state index contributed by atoms with van der Waals surface area (Å²) in [6.45, 7) is 9.12. The molecule has 0 N–H and O–H groups in total. The Morgan fingerprint density at radius 2 is 1.13 bits per heavy atom. The first kappa shape index (κ1) is 36.2. The number of benzene rings is 7. The lowest BCUT2D eigenvalue weighted by molar-refractivity contribution is 0.484. The maximum Gasteiger partial charge on any atom is 0.145 e. The highest BCUT2D eigenvalue weighted by Gasteiger charge is 2.24. The Labute approximate surface area is 358 Å². The summed E-state index contributed by atoms with van der Waals surface area (Å²) < 4.78 is 13.9. The van der Waals surface area contributed by atoms with Gasteiger partial charge in [0.25, 0.3) is 0 Å². The fraction of sp³-hybridized carbons (Fsp3) is 0.107. The van der Waals surface area contributed by atoms with E-state index in [0.717, 1.165) is 67.1 Å². The van der Waals surface area contributed by atoms with E-state index in [1.54, 1.807) is 0 Å². The topological polar surface area (TPSA) is 49.3 Å². The number of para-hydroxylation sites is 3. The van der Waals surface area contributed by atoms with Crippen molar-refractivity contribution in [2.75, 3.05) is 0 Å². The van der Waals surface area contributed by atoms with Gasteiger partial charge in [-0.25, -0.2) is 9.97 Å².